The normalized spacial score (nSPS) is 9.57. The van der Waals surface area contributed by atoms with Crippen molar-refractivity contribution in [2.45, 2.75) is 0 Å². The fourth-order valence-corrected chi connectivity index (χ4v) is 1.82. The van der Waals surface area contributed by atoms with Gasteiger partial charge in [-0.2, -0.15) is 0 Å². The van der Waals surface area contributed by atoms with Crippen LogP contribution in [0.3, 0.4) is 0 Å². The Balaban J connectivity index is 0.00000169. The first-order valence-corrected chi connectivity index (χ1v) is 4.63. The van der Waals surface area contributed by atoms with Crippen molar-refractivity contribution in [3.63, 3.8) is 0 Å². The van der Waals surface area contributed by atoms with E-state index in [1.807, 2.05) is 0 Å². The van der Waals surface area contributed by atoms with Crippen molar-refractivity contribution in [2.75, 3.05) is 0 Å². The first-order chi connectivity index (χ1) is 5.95. The second kappa shape index (κ2) is 6.67. The molecule has 0 bridgehead atoms. The van der Waals surface area contributed by atoms with Crippen LogP contribution in [0.25, 0.3) is 0 Å². The summed E-state index contributed by atoms with van der Waals surface area (Å²) in [4.78, 5) is 0. The Labute approximate surface area is 144 Å². The second-order valence-corrected chi connectivity index (χ2v) is 3.80. The minimum Gasteiger partial charge on any atom is -0.853 e. The van der Waals surface area contributed by atoms with Gasteiger partial charge < -0.3 is 10.0 Å². The number of halogens is 4. The van der Waals surface area contributed by atoms with Crippen LogP contribution in [0.2, 0.25) is 20.1 Å². The maximum Gasteiger partial charge on any atom is 1.00 e. The Bertz CT molecular complexity index is 321. The summed E-state index contributed by atoms with van der Waals surface area (Å²) in [6.45, 7) is 0. The van der Waals surface area contributed by atoms with E-state index in [1.165, 1.54) is 6.07 Å². The van der Waals surface area contributed by atoms with E-state index in [1.54, 1.807) is 0 Å². The maximum atomic E-state index is 10.7. The van der Waals surface area contributed by atoms with Crippen LogP contribution in [0.5, 0.6) is 0 Å². The zero-order valence-electron chi connectivity index (χ0n) is 7.02. The van der Waals surface area contributed by atoms with Crippen molar-refractivity contribution in [3.8, 4) is 0 Å². The summed E-state index contributed by atoms with van der Waals surface area (Å²) in [5.74, 6) is 0. The van der Waals surface area contributed by atoms with Crippen LogP contribution in [0, 0.1) is 0 Å². The van der Waals surface area contributed by atoms with E-state index >= 15 is 0 Å². The van der Waals surface area contributed by atoms with E-state index in [0.717, 1.165) is 0 Å². The average Bonchev–Trinajstić information content (AvgIpc) is 2.01. The third-order valence-corrected chi connectivity index (χ3v) is 3.00. The standard InChI is InChI=1S/C6H2BCl4O2.K/c8-2-1-3(9)6(11)4(5(2)10)7(12)13;/h1,12H;/q-1;+1. The van der Waals surface area contributed by atoms with Gasteiger partial charge in [0.25, 0.3) is 0 Å². The monoisotopic (exact) mass is 296 g/mol. The SMILES string of the molecule is [K+].[O-]B(O)c1c(Cl)c(Cl)cc(Cl)c1Cl. The van der Waals surface area contributed by atoms with Crippen LogP contribution in [0.15, 0.2) is 6.07 Å². The molecule has 0 aliphatic heterocycles. The fraction of sp³-hybridized carbons (Fsp3) is 0. The van der Waals surface area contributed by atoms with Gasteiger partial charge in [-0.1, -0.05) is 46.4 Å². The third-order valence-electron chi connectivity index (χ3n) is 1.39. The Morgan fingerprint density at radius 1 is 1.07 bits per heavy atom. The van der Waals surface area contributed by atoms with Gasteiger partial charge in [-0.25, -0.2) is 0 Å². The molecule has 0 aliphatic rings. The molecule has 1 aromatic carbocycles. The predicted octanol–water partition coefficient (Wildman–Crippen LogP) is -1.65. The third kappa shape index (κ3) is 3.50. The molecular formula is C6H2BCl4KO2. The Morgan fingerprint density at radius 2 is 1.43 bits per heavy atom. The summed E-state index contributed by atoms with van der Waals surface area (Å²) < 4.78 is 0. The van der Waals surface area contributed by atoms with Crippen molar-refractivity contribution in [1.82, 2.24) is 0 Å². The van der Waals surface area contributed by atoms with Gasteiger partial charge in [0, 0.05) is 0 Å². The molecule has 0 amide bonds. The van der Waals surface area contributed by atoms with Gasteiger partial charge in [0.1, 0.15) is 0 Å². The number of hydrogen-bond donors (Lipinski definition) is 1. The van der Waals surface area contributed by atoms with Gasteiger partial charge in [-0.3, -0.25) is 0 Å². The van der Waals surface area contributed by atoms with Crippen molar-refractivity contribution < 1.29 is 61.4 Å². The molecule has 0 saturated carbocycles. The predicted molar refractivity (Wildman–Crippen MR) is 54.1 cm³/mol. The first kappa shape index (κ1) is 16.0. The number of benzene rings is 1. The molecule has 0 saturated heterocycles. The van der Waals surface area contributed by atoms with Crippen LogP contribution in [-0.4, -0.2) is 12.1 Å². The van der Waals surface area contributed by atoms with Gasteiger partial charge in [0.2, 0.25) is 7.12 Å². The van der Waals surface area contributed by atoms with E-state index < -0.39 is 7.12 Å². The molecule has 0 spiro atoms. The largest absolute Gasteiger partial charge is 1.00 e. The Hall–Kier alpha value is 2.00. The summed E-state index contributed by atoms with van der Waals surface area (Å²) in [6.07, 6.45) is 0. The maximum absolute atomic E-state index is 10.7. The van der Waals surface area contributed by atoms with Crippen LogP contribution in [-0.2, 0) is 0 Å². The van der Waals surface area contributed by atoms with Crippen LogP contribution < -0.4 is 61.9 Å². The number of rotatable bonds is 1. The molecule has 70 valence electrons. The molecule has 8 heteroatoms. The zero-order chi connectivity index (χ0) is 10.2. The molecule has 1 N–H and O–H groups in total. The fourth-order valence-electron chi connectivity index (χ4n) is 0.808. The molecule has 1 aromatic rings. The van der Waals surface area contributed by atoms with Crippen LogP contribution in [0.1, 0.15) is 0 Å². The van der Waals surface area contributed by atoms with Crippen LogP contribution >= 0.6 is 46.4 Å². The van der Waals surface area contributed by atoms with Gasteiger partial charge >= 0.3 is 51.4 Å². The van der Waals surface area contributed by atoms with Gasteiger partial charge in [0.15, 0.2) is 0 Å². The molecule has 0 aliphatic carbocycles. The van der Waals surface area contributed by atoms with Gasteiger partial charge in [0.05, 0.1) is 20.1 Å². The van der Waals surface area contributed by atoms with Crippen molar-refractivity contribution in [1.29, 1.82) is 0 Å². The summed E-state index contributed by atoms with van der Waals surface area (Å²) in [6, 6.07) is 1.31. The molecular weight excluding hydrogens is 296 g/mol. The van der Waals surface area contributed by atoms with E-state index in [2.05, 4.69) is 0 Å². The summed E-state index contributed by atoms with van der Waals surface area (Å²) in [5, 5.41) is 19.6. The van der Waals surface area contributed by atoms with E-state index in [9.17, 15) is 5.02 Å². The summed E-state index contributed by atoms with van der Waals surface area (Å²) >= 11 is 22.5. The summed E-state index contributed by atoms with van der Waals surface area (Å²) in [7, 11) is -2.05. The van der Waals surface area contributed by atoms with Gasteiger partial charge in [-0.15, -0.1) is 0 Å². The molecule has 14 heavy (non-hydrogen) atoms. The molecule has 0 heterocycles. The molecule has 1 rings (SSSR count). The van der Waals surface area contributed by atoms with Crippen molar-refractivity contribution in [2.24, 2.45) is 0 Å². The first-order valence-electron chi connectivity index (χ1n) is 3.12. The minimum absolute atomic E-state index is 0. The van der Waals surface area contributed by atoms with Crippen LogP contribution in [0.4, 0.5) is 0 Å². The van der Waals surface area contributed by atoms with E-state index in [-0.39, 0.29) is 76.9 Å². The Morgan fingerprint density at radius 3 is 1.71 bits per heavy atom. The smallest absolute Gasteiger partial charge is 0.853 e. The second-order valence-electron chi connectivity index (χ2n) is 2.23. The van der Waals surface area contributed by atoms with Crippen molar-refractivity contribution in [3.05, 3.63) is 26.2 Å². The molecule has 0 radical (unpaired) electrons. The van der Waals surface area contributed by atoms with E-state index in [0.29, 0.717) is 0 Å². The summed E-state index contributed by atoms with van der Waals surface area (Å²) in [5.41, 5.74) is -0.194. The molecule has 0 unspecified atom stereocenters. The average molecular weight is 298 g/mol. The van der Waals surface area contributed by atoms with Gasteiger partial charge in [-0.05, 0) is 11.5 Å². The van der Waals surface area contributed by atoms with E-state index in [4.69, 9.17) is 51.4 Å². The minimum atomic E-state index is -2.05. The molecule has 2 nitrogen and oxygen atoms in total. The molecule has 0 fully saturated rings. The Kier molecular flexibility index (Phi) is 7.62. The zero-order valence-corrected chi connectivity index (χ0v) is 13.2. The molecule has 0 atom stereocenters. The quantitative estimate of drug-likeness (QED) is 0.499. The van der Waals surface area contributed by atoms with Crippen molar-refractivity contribution >= 4 is 59.0 Å². The number of hydrogen-bond acceptors (Lipinski definition) is 2. The molecule has 0 aromatic heterocycles. The topological polar surface area (TPSA) is 43.3 Å².